The van der Waals surface area contributed by atoms with E-state index in [0.29, 0.717) is 5.92 Å². The summed E-state index contributed by atoms with van der Waals surface area (Å²) in [5.74, 6) is 2.30. The van der Waals surface area contributed by atoms with Crippen molar-refractivity contribution in [2.75, 3.05) is 36.0 Å². The molecule has 4 rings (SSSR count). The molecule has 8 heteroatoms. The molecule has 2 saturated heterocycles. The molecule has 0 aliphatic carbocycles. The van der Waals surface area contributed by atoms with Crippen LogP contribution in [0, 0.1) is 17.2 Å². The van der Waals surface area contributed by atoms with Crippen molar-refractivity contribution in [3.8, 4) is 6.07 Å². The third-order valence-electron chi connectivity index (χ3n) is 5.95. The topological polar surface area (TPSA) is 95.0 Å². The molecule has 31 heavy (non-hydrogen) atoms. The van der Waals surface area contributed by atoms with Crippen LogP contribution in [-0.2, 0) is 0 Å². The fourth-order valence-electron chi connectivity index (χ4n) is 4.19. The third-order valence-corrected chi connectivity index (χ3v) is 6.54. The van der Waals surface area contributed by atoms with Crippen LogP contribution < -0.4 is 15.5 Å². The quantitative estimate of drug-likeness (QED) is 0.693. The molecule has 160 valence electrons. The second kappa shape index (κ2) is 9.06. The van der Waals surface area contributed by atoms with E-state index in [-0.39, 0.29) is 5.92 Å². The van der Waals surface area contributed by atoms with E-state index in [1.165, 1.54) is 6.20 Å². The van der Waals surface area contributed by atoms with Crippen LogP contribution in [0.15, 0.2) is 35.7 Å². The molecule has 0 saturated carbocycles. The summed E-state index contributed by atoms with van der Waals surface area (Å²) in [7, 11) is 0. The summed E-state index contributed by atoms with van der Waals surface area (Å²) in [6, 6.07) is 4.45. The maximum absolute atomic E-state index is 9.17. The second-order valence-electron chi connectivity index (χ2n) is 8.12. The van der Waals surface area contributed by atoms with Crippen molar-refractivity contribution in [3.63, 3.8) is 0 Å². The Morgan fingerprint density at radius 2 is 1.94 bits per heavy atom. The Morgan fingerprint density at radius 3 is 2.58 bits per heavy atom. The summed E-state index contributed by atoms with van der Waals surface area (Å²) in [6.45, 7) is 9.36. The Kier molecular flexibility index (Phi) is 6.23. The predicted molar refractivity (Wildman–Crippen MR) is 127 cm³/mol. The molecule has 0 radical (unpaired) electrons. The molecule has 0 spiro atoms. The maximum Gasteiger partial charge on any atom is 0.150 e. The number of hydrogen-bond acceptors (Lipinski definition) is 7. The number of nitriles is 1. The molecule has 4 heterocycles. The highest BCUT2D eigenvalue weighted by Gasteiger charge is 2.35. The van der Waals surface area contributed by atoms with Gasteiger partial charge >= 0.3 is 0 Å². The molecule has 0 atom stereocenters. The summed E-state index contributed by atoms with van der Waals surface area (Å²) in [5, 5.41) is 9.17. The minimum atomic E-state index is 0.151. The van der Waals surface area contributed by atoms with Gasteiger partial charge in [-0.15, -0.1) is 0 Å². The van der Waals surface area contributed by atoms with Crippen molar-refractivity contribution in [1.29, 1.82) is 5.26 Å². The van der Waals surface area contributed by atoms with Crippen LogP contribution in [0.3, 0.4) is 0 Å². The van der Waals surface area contributed by atoms with Gasteiger partial charge in [0.15, 0.2) is 5.82 Å². The predicted octanol–water partition coefficient (Wildman–Crippen LogP) is 3.94. The van der Waals surface area contributed by atoms with Crippen LogP contribution in [0.25, 0.3) is 11.6 Å². The Bertz CT molecular complexity index is 1040. The van der Waals surface area contributed by atoms with E-state index in [1.807, 2.05) is 13.0 Å². The number of piperidine rings is 1. The normalized spacial score (nSPS) is 17.6. The number of anilines is 2. The smallest absolute Gasteiger partial charge is 0.150 e. The van der Waals surface area contributed by atoms with Gasteiger partial charge in [-0.25, -0.2) is 9.97 Å². The highest BCUT2D eigenvalue weighted by atomic mass is 79.9. The van der Waals surface area contributed by atoms with E-state index in [2.05, 4.69) is 54.4 Å². The number of nitrogens with zero attached hydrogens (tertiary/aromatic N) is 6. The molecule has 0 aromatic carbocycles. The van der Waals surface area contributed by atoms with E-state index < -0.39 is 0 Å². The fourth-order valence-corrected chi connectivity index (χ4v) is 4.76. The lowest BCUT2D eigenvalue weighted by molar-refractivity contribution is 0.473. The first kappa shape index (κ1) is 21.3. The van der Waals surface area contributed by atoms with Gasteiger partial charge in [-0.1, -0.05) is 6.58 Å². The molecule has 2 N–H and O–H groups in total. The van der Waals surface area contributed by atoms with Crippen molar-refractivity contribution in [3.05, 3.63) is 52.7 Å². The van der Waals surface area contributed by atoms with Crippen molar-refractivity contribution >= 4 is 39.2 Å². The molecule has 7 nitrogen and oxygen atoms in total. The van der Waals surface area contributed by atoms with Gasteiger partial charge in [0.1, 0.15) is 5.82 Å². The van der Waals surface area contributed by atoms with Gasteiger partial charge in [-0.3, -0.25) is 4.98 Å². The van der Waals surface area contributed by atoms with Crippen molar-refractivity contribution in [1.82, 2.24) is 15.0 Å². The van der Waals surface area contributed by atoms with Gasteiger partial charge in [0.05, 0.1) is 21.9 Å². The monoisotopic (exact) mass is 479 g/mol. The van der Waals surface area contributed by atoms with Crippen molar-refractivity contribution in [2.24, 2.45) is 11.7 Å². The summed E-state index contributed by atoms with van der Waals surface area (Å²) >= 11 is 3.68. The van der Waals surface area contributed by atoms with Crippen molar-refractivity contribution < 1.29 is 0 Å². The summed E-state index contributed by atoms with van der Waals surface area (Å²) in [5.41, 5.74) is 9.40. The summed E-state index contributed by atoms with van der Waals surface area (Å²) in [4.78, 5) is 18.7. The Hall–Kier alpha value is -2.92. The molecule has 2 aliphatic heterocycles. The number of aromatic nitrogens is 3. The van der Waals surface area contributed by atoms with Crippen LogP contribution in [0.4, 0.5) is 11.6 Å². The molecular weight excluding hydrogens is 454 g/mol. The molecule has 0 amide bonds. The van der Waals surface area contributed by atoms with Gasteiger partial charge in [0, 0.05) is 56.0 Å². The molecule has 0 bridgehead atoms. The highest BCUT2D eigenvalue weighted by molar-refractivity contribution is 9.10. The molecule has 2 fully saturated rings. The first-order chi connectivity index (χ1) is 15.0. The third kappa shape index (κ3) is 4.28. The number of allylic oxidation sites excluding steroid dienone is 1. The first-order valence-electron chi connectivity index (χ1n) is 10.5. The number of nitrogens with two attached hydrogens (primary N) is 1. The van der Waals surface area contributed by atoms with Crippen LogP contribution in [0.1, 0.15) is 42.6 Å². The molecule has 2 aliphatic rings. The van der Waals surface area contributed by atoms with Gasteiger partial charge in [0.25, 0.3) is 0 Å². The number of hydrogen-bond donors (Lipinski definition) is 1. The average Bonchev–Trinajstić information content (AvgIpc) is 2.75. The highest BCUT2D eigenvalue weighted by Crippen LogP contribution is 2.38. The number of halogens is 1. The average molecular weight is 480 g/mol. The first-order valence-corrected chi connectivity index (χ1v) is 11.3. The fraction of sp³-hybridized carbons (Fsp3) is 0.391. The number of pyridine rings is 1. The van der Waals surface area contributed by atoms with E-state index in [4.69, 9.17) is 10.7 Å². The zero-order chi connectivity index (χ0) is 22.0. The standard InChI is InChI=1S/C23H26BrN7/c1-15(2)18-11-19(24)22(29-20(18)3-6-25)31-13-17(14-31)21-23(28-8-7-27-21)30-9-4-16(12-26)5-10-30/h3,6-8,11,16-17H,1,4-5,9-10,13-14,25H2,2H3/b6-3-. The summed E-state index contributed by atoms with van der Waals surface area (Å²) < 4.78 is 0.941. The molecular formula is C23H26BrN7. The van der Waals surface area contributed by atoms with Crippen LogP contribution in [-0.4, -0.2) is 41.1 Å². The minimum absolute atomic E-state index is 0.151. The Labute approximate surface area is 191 Å². The van der Waals surface area contributed by atoms with Gasteiger partial charge in [-0.2, -0.15) is 5.26 Å². The van der Waals surface area contributed by atoms with E-state index in [1.54, 1.807) is 12.4 Å². The Balaban J connectivity index is 1.52. The van der Waals surface area contributed by atoms with Crippen LogP contribution in [0.5, 0.6) is 0 Å². The van der Waals surface area contributed by atoms with Gasteiger partial charge in [0.2, 0.25) is 0 Å². The van der Waals surface area contributed by atoms with E-state index >= 15 is 0 Å². The van der Waals surface area contributed by atoms with Crippen molar-refractivity contribution in [2.45, 2.75) is 25.7 Å². The van der Waals surface area contributed by atoms with Gasteiger partial charge < -0.3 is 15.5 Å². The number of rotatable bonds is 5. The lowest BCUT2D eigenvalue weighted by atomic mass is 9.93. The SMILES string of the molecule is C=C(C)c1cc(Br)c(N2CC(c3nccnc3N3CCC(C#N)CC3)C2)nc1/C=C\N. The molecule has 0 unspecified atom stereocenters. The molecule has 2 aromatic heterocycles. The second-order valence-corrected chi connectivity index (χ2v) is 8.98. The lowest BCUT2D eigenvalue weighted by Crippen LogP contribution is -2.47. The summed E-state index contributed by atoms with van der Waals surface area (Å²) in [6.07, 6.45) is 8.60. The van der Waals surface area contributed by atoms with E-state index in [0.717, 1.165) is 77.7 Å². The minimum Gasteiger partial charge on any atom is -0.405 e. The zero-order valence-corrected chi connectivity index (χ0v) is 19.2. The Morgan fingerprint density at radius 1 is 1.23 bits per heavy atom. The maximum atomic E-state index is 9.17. The van der Waals surface area contributed by atoms with E-state index in [9.17, 15) is 5.26 Å². The largest absolute Gasteiger partial charge is 0.405 e. The van der Waals surface area contributed by atoms with Gasteiger partial charge in [-0.05, 0) is 59.6 Å². The molecule has 2 aromatic rings. The van der Waals surface area contributed by atoms with Crippen LogP contribution >= 0.6 is 15.9 Å². The zero-order valence-electron chi connectivity index (χ0n) is 17.6. The van der Waals surface area contributed by atoms with Crippen LogP contribution in [0.2, 0.25) is 0 Å². The lowest BCUT2D eigenvalue weighted by Gasteiger charge is -2.42.